The van der Waals surface area contributed by atoms with Crippen molar-refractivity contribution in [3.63, 3.8) is 0 Å². The predicted molar refractivity (Wildman–Crippen MR) is 116 cm³/mol. The Morgan fingerprint density at radius 3 is 2.63 bits per heavy atom. The summed E-state index contributed by atoms with van der Waals surface area (Å²) in [4.78, 5) is 23.1. The van der Waals surface area contributed by atoms with E-state index in [1.165, 1.54) is 30.0 Å². The molecular weight excluding hydrogens is 406 g/mol. The number of furan rings is 1. The quantitative estimate of drug-likeness (QED) is 0.382. The molecule has 0 fully saturated rings. The zero-order valence-corrected chi connectivity index (χ0v) is 17.2. The molecule has 0 aliphatic rings. The van der Waals surface area contributed by atoms with Gasteiger partial charge < -0.3 is 14.8 Å². The number of hydrogen-bond donors (Lipinski definition) is 3. The molecule has 3 aromatic rings. The van der Waals surface area contributed by atoms with E-state index >= 15 is 0 Å². The number of hydrazone groups is 1. The Hall–Kier alpha value is -3.58. The summed E-state index contributed by atoms with van der Waals surface area (Å²) in [5.74, 6) is -0.594. The van der Waals surface area contributed by atoms with Crippen LogP contribution in [0.2, 0.25) is 5.02 Å². The molecule has 3 N–H and O–H groups in total. The third-order valence-electron chi connectivity index (χ3n) is 4.45. The first-order chi connectivity index (χ1) is 14.3. The predicted octanol–water partition coefficient (Wildman–Crippen LogP) is 4.48. The second-order valence-electron chi connectivity index (χ2n) is 6.65. The lowest BCUT2D eigenvalue weighted by atomic mass is 10.1. The van der Waals surface area contributed by atoms with Crippen molar-refractivity contribution in [1.29, 1.82) is 0 Å². The Balaban J connectivity index is 1.58. The van der Waals surface area contributed by atoms with Crippen molar-refractivity contribution < 1.29 is 19.1 Å². The number of hydrogen-bond acceptors (Lipinski definition) is 5. The van der Waals surface area contributed by atoms with Crippen LogP contribution >= 0.6 is 11.6 Å². The van der Waals surface area contributed by atoms with Gasteiger partial charge in [0.1, 0.15) is 11.5 Å². The largest absolute Gasteiger partial charge is 0.478 e. The minimum absolute atomic E-state index is 0.0703. The molecule has 30 heavy (non-hydrogen) atoms. The summed E-state index contributed by atoms with van der Waals surface area (Å²) in [6.45, 7) is 4.10. The zero-order chi connectivity index (χ0) is 21.7. The van der Waals surface area contributed by atoms with Crippen LogP contribution in [0.25, 0.3) is 11.3 Å². The normalized spacial score (nSPS) is 10.9. The van der Waals surface area contributed by atoms with Crippen LogP contribution in [0, 0.1) is 13.8 Å². The van der Waals surface area contributed by atoms with Gasteiger partial charge in [-0.05, 0) is 67.4 Å². The van der Waals surface area contributed by atoms with Crippen molar-refractivity contribution in [3.8, 4) is 11.3 Å². The number of carbonyl (C=O) groups is 2. The molecule has 0 saturated heterocycles. The van der Waals surface area contributed by atoms with E-state index in [0.29, 0.717) is 22.1 Å². The third-order valence-corrected chi connectivity index (χ3v) is 4.78. The van der Waals surface area contributed by atoms with E-state index in [1.54, 1.807) is 12.1 Å². The zero-order valence-electron chi connectivity index (χ0n) is 16.4. The number of rotatable bonds is 7. The van der Waals surface area contributed by atoms with Crippen LogP contribution in [0.1, 0.15) is 27.2 Å². The van der Waals surface area contributed by atoms with Crippen molar-refractivity contribution in [2.45, 2.75) is 13.8 Å². The standard InChI is InChI=1S/C22H20ClN3O4/c1-13-3-5-16(9-14(13)2)24-12-21(27)26-25-11-17-6-8-20(30-17)18-10-15(22(28)29)4-7-19(18)23/h3-11,24H,12H2,1-2H3,(H,26,27)(H,28,29). The van der Waals surface area contributed by atoms with Gasteiger partial charge in [0.05, 0.1) is 23.3 Å². The number of carbonyl (C=O) groups excluding carboxylic acids is 1. The van der Waals surface area contributed by atoms with Crippen LogP contribution in [-0.2, 0) is 4.79 Å². The van der Waals surface area contributed by atoms with Gasteiger partial charge >= 0.3 is 5.97 Å². The Bertz CT molecular complexity index is 1120. The highest BCUT2D eigenvalue weighted by atomic mass is 35.5. The molecule has 1 amide bonds. The van der Waals surface area contributed by atoms with Crippen molar-refractivity contribution in [1.82, 2.24) is 5.43 Å². The summed E-state index contributed by atoms with van der Waals surface area (Å²) in [6.07, 6.45) is 1.35. The highest BCUT2D eigenvalue weighted by Gasteiger charge is 2.12. The van der Waals surface area contributed by atoms with E-state index in [1.807, 2.05) is 32.0 Å². The number of aromatic carboxylic acids is 1. The summed E-state index contributed by atoms with van der Waals surface area (Å²) in [6, 6.07) is 13.5. The highest BCUT2D eigenvalue weighted by Crippen LogP contribution is 2.30. The van der Waals surface area contributed by atoms with Gasteiger partial charge in [-0.2, -0.15) is 5.10 Å². The number of nitrogens with zero attached hydrogens (tertiary/aromatic N) is 1. The molecule has 0 aliphatic heterocycles. The third kappa shape index (κ3) is 5.27. The van der Waals surface area contributed by atoms with Crippen molar-refractivity contribution in [2.24, 2.45) is 5.10 Å². The topological polar surface area (TPSA) is 104 Å². The first-order valence-electron chi connectivity index (χ1n) is 9.09. The molecule has 0 saturated carbocycles. The average molecular weight is 426 g/mol. The van der Waals surface area contributed by atoms with Gasteiger partial charge in [0.15, 0.2) is 0 Å². The Labute approximate surface area is 178 Å². The lowest BCUT2D eigenvalue weighted by Gasteiger charge is -2.07. The fourth-order valence-electron chi connectivity index (χ4n) is 2.66. The van der Waals surface area contributed by atoms with Gasteiger partial charge in [0.25, 0.3) is 5.91 Å². The van der Waals surface area contributed by atoms with E-state index in [9.17, 15) is 9.59 Å². The van der Waals surface area contributed by atoms with Gasteiger partial charge in [0.2, 0.25) is 0 Å². The molecule has 0 bridgehead atoms. The number of amides is 1. The Kier molecular flexibility index (Phi) is 6.54. The fraction of sp³-hybridized carbons (Fsp3) is 0.136. The maximum atomic E-state index is 11.9. The monoisotopic (exact) mass is 425 g/mol. The lowest BCUT2D eigenvalue weighted by molar-refractivity contribution is -0.119. The maximum absolute atomic E-state index is 11.9. The second-order valence-corrected chi connectivity index (χ2v) is 7.05. The number of aryl methyl sites for hydroxylation is 2. The summed E-state index contributed by atoms with van der Waals surface area (Å²) in [5, 5.41) is 16.4. The van der Waals surface area contributed by atoms with Crippen LogP contribution in [0.4, 0.5) is 5.69 Å². The number of benzene rings is 2. The van der Waals surface area contributed by atoms with E-state index in [0.717, 1.165) is 11.3 Å². The van der Waals surface area contributed by atoms with E-state index in [-0.39, 0.29) is 18.0 Å². The number of halogens is 1. The van der Waals surface area contributed by atoms with Crippen LogP contribution in [0.15, 0.2) is 58.0 Å². The molecular formula is C22H20ClN3O4. The first kappa shape index (κ1) is 21.1. The van der Waals surface area contributed by atoms with Gasteiger partial charge in [-0.1, -0.05) is 17.7 Å². The molecule has 1 heterocycles. The first-order valence-corrected chi connectivity index (χ1v) is 9.47. The van der Waals surface area contributed by atoms with Gasteiger partial charge in [-0.15, -0.1) is 0 Å². The van der Waals surface area contributed by atoms with Crippen LogP contribution in [0.3, 0.4) is 0 Å². The molecule has 0 spiro atoms. The van der Waals surface area contributed by atoms with Gasteiger partial charge in [-0.3, -0.25) is 4.79 Å². The molecule has 0 aliphatic carbocycles. The molecule has 7 nitrogen and oxygen atoms in total. The summed E-state index contributed by atoms with van der Waals surface area (Å²) in [7, 11) is 0. The SMILES string of the molecule is Cc1ccc(NCC(=O)NN=Cc2ccc(-c3cc(C(=O)O)ccc3Cl)o2)cc1C. The molecule has 3 rings (SSSR count). The molecule has 8 heteroatoms. The fourth-order valence-corrected chi connectivity index (χ4v) is 2.87. The lowest BCUT2D eigenvalue weighted by Crippen LogP contribution is -2.25. The number of carboxylic acids is 1. The minimum Gasteiger partial charge on any atom is -0.478 e. The number of anilines is 1. The molecule has 2 aromatic carbocycles. The van der Waals surface area contributed by atoms with Crippen LogP contribution in [-0.4, -0.2) is 29.7 Å². The smallest absolute Gasteiger partial charge is 0.335 e. The highest BCUT2D eigenvalue weighted by molar-refractivity contribution is 6.33. The maximum Gasteiger partial charge on any atom is 0.335 e. The van der Waals surface area contributed by atoms with Crippen LogP contribution < -0.4 is 10.7 Å². The van der Waals surface area contributed by atoms with E-state index in [4.69, 9.17) is 21.1 Å². The minimum atomic E-state index is -1.06. The van der Waals surface area contributed by atoms with Gasteiger partial charge in [0, 0.05) is 11.3 Å². The Morgan fingerprint density at radius 2 is 1.90 bits per heavy atom. The average Bonchev–Trinajstić information content (AvgIpc) is 3.17. The molecule has 154 valence electrons. The molecule has 0 atom stereocenters. The van der Waals surface area contributed by atoms with Crippen molar-refractivity contribution in [2.75, 3.05) is 11.9 Å². The summed E-state index contributed by atoms with van der Waals surface area (Å²) >= 11 is 6.14. The van der Waals surface area contributed by atoms with Gasteiger partial charge in [-0.25, -0.2) is 10.2 Å². The van der Waals surface area contributed by atoms with Crippen LogP contribution in [0.5, 0.6) is 0 Å². The summed E-state index contributed by atoms with van der Waals surface area (Å²) < 4.78 is 5.63. The van der Waals surface area contributed by atoms with Crippen molar-refractivity contribution in [3.05, 3.63) is 76.0 Å². The summed E-state index contributed by atoms with van der Waals surface area (Å²) in [5.41, 5.74) is 6.15. The second kappa shape index (κ2) is 9.28. The molecule has 0 radical (unpaired) electrons. The Morgan fingerprint density at radius 1 is 1.10 bits per heavy atom. The number of carboxylic acid groups (broad SMARTS) is 1. The van der Waals surface area contributed by atoms with E-state index < -0.39 is 5.97 Å². The van der Waals surface area contributed by atoms with Crippen molar-refractivity contribution >= 4 is 35.4 Å². The molecule has 0 unspecified atom stereocenters. The van der Waals surface area contributed by atoms with E-state index in [2.05, 4.69) is 15.8 Å². The molecule has 1 aromatic heterocycles. The number of nitrogens with one attached hydrogen (secondary N) is 2.